The van der Waals surface area contributed by atoms with Crippen LogP contribution < -0.4 is 15.0 Å². The Hall–Kier alpha value is -3.72. The van der Waals surface area contributed by atoms with E-state index in [1.807, 2.05) is 54.6 Å². The van der Waals surface area contributed by atoms with E-state index in [0.717, 1.165) is 39.9 Å². The summed E-state index contributed by atoms with van der Waals surface area (Å²) >= 11 is 0. The van der Waals surface area contributed by atoms with E-state index < -0.39 is 0 Å². The number of hydrogen-bond donors (Lipinski definition) is 1. The molecule has 0 saturated heterocycles. The topological polar surface area (TPSA) is 24.5 Å². The number of anilines is 5. The SMILES string of the molecule is c1ccc(Nc2ccc(N3c4ccccc4Oc4ccccc43)cc2)cc1. The second-order valence-electron chi connectivity index (χ2n) is 6.41. The van der Waals surface area contributed by atoms with Crippen molar-refractivity contribution in [2.75, 3.05) is 10.2 Å². The number of ether oxygens (including phenoxy) is 1. The number of rotatable bonds is 3. The molecular weight excluding hydrogens is 332 g/mol. The highest BCUT2D eigenvalue weighted by molar-refractivity contribution is 5.86. The monoisotopic (exact) mass is 350 g/mol. The molecule has 27 heavy (non-hydrogen) atoms. The fourth-order valence-corrected chi connectivity index (χ4v) is 3.36. The molecule has 3 nitrogen and oxygen atoms in total. The molecule has 1 aliphatic heterocycles. The highest BCUT2D eigenvalue weighted by Crippen LogP contribution is 2.50. The van der Waals surface area contributed by atoms with Gasteiger partial charge in [0.25, 0.3) is 0 Å². The number of nitrogens with zero attached hydrogens (tertiary/aromatic N) is 1. The minimum absolute atomic E-state index is 0.864. The van der Waals surface area contributed by atoms with Gasteiger partial charge < -0.3 is 15.0 Å². The van der Waals surface area contributed by atoms with E-state index in [2.05, 4.69) is 58.7 Å². The molecule has 0 saturated carbocycles. The number of para-hydroxylation sites is 5. The van der Waals surface area contributed by atoms with E-state index in [1.165, 1.54) is 0 Å². The van der Waals surface area contributed by atoms with Gasteiger partial charge in [-0.15, -0.1) is 0 Å². The number of benzene rings is 4. The summed E-state index contributed by atoms with van der Waals surface area (Å²) in [5.41, 5.74) is 5.31. The molecule has 0 aliphatic carbocycles. The standard InChI is InChI=1S/C24H18N2O/c1-2-8-18(9-3-1)25-19-14-16-20(17-15-19)26-21-10-4-6-12-23(21)27-24-13-7-5-11-22(24)26/h1-17,25H. The summed E-state index contributed by atoms with van der Waals surface area (Å²) in [6, 6.07) is 34.9. The molecule has 5 rings (SSSR count). The molecule has 4 aromatic rings. The van der Waals surface area contributed by atoms with Gasteiger partial charge in [-0.05, 0) is 60.7 Å². The zero-order chi connectivity index (χ0) is 18.1. The summed E-state index contributed by atoms with van der Waals surface area (Å²) in [6.45, 7) is 0. The molecule has 4 aromatic carbocycles. The average Bonchev–Trinajstić information content (AvgIpc) is 2.73. The van der Waals surface area contributed by atoms with Crippen molar-refractivity contribution in [3.63, 3.8) is 0 Å². The van der Waals surface area contributed by atoms with Crippen LogP contribution in [0.25, 0.3) is 0 Å². The third kappa shape index (κ3) is 2.89. The van der Waals surface area contributed by atoms with E-state index in [1.54, 1.807) is 0 Å². The first-order chi connectivity index (χ1) is 13.4. The molecule has 0 atom stereocenters. The Morgan fingerprint density at radius 1 is 0.519 bits per heavy atom. The van der Waals surface area contributed by atoms with Crippen molar-refractivity contribution >= 4 is 28.4 Å². The van der Waals surface area contributed by atoms with E-state index in [4.69, 9.17) is 4.74 Å². The van der Waals surface area contributed by atoms with Gasteiger partial charge in [0, 0.05) is 17.1 Å². The minimum atomic E-state index is 0.864. The van der Waals surface area contributed by atoms with Gasteiger partial charge in [-0.2, -0.15) is 0 Å². The first-order valence-electron chi connectivity index (χ1n) is 8.97. The maximum absolute atomic E-state index is 6.08. The number of fused-ring (bicyclic) bond motifs is 2. The molecule has 0 bridgehead atoms. The van der Waals surface area contributed by atoms with Crippen LogP contribution in [0.15, 0.2) is 103 Å². The Morgan fingerprint density at radius 3 is 1.67 bits per heavy atom. The third-order valence-electron chi connectivity index (χ3n) is 4.62. The molecule has 0 aromatic heterocycles. The smallest absolute Gasteiger partial charge is 0.151 e. The maximum Gasteiger partial charge on any atom is 0.151 e. The summed E-state index contributed by atoms with van der Waals surface area (Å²) < 4.78 is 6.08. The quantitative estimate of drug-likeness (QED) is 0.379. The Kier molecular flexibility index (Phi) is 3.76. The van der Waals surface area contributed by atoms with E-state index in [0.29, 0.717) is 0 Å². The van der Waals surface area contributed by atoms with Crippen LogP contribution in [-0.4, -0.2) is 0 Å². The zero-order valence-corrected chi connectivity index (χ0v) is 14.7. The summed E-state index contributed by atoms with van der Waals surface area (Å²) in [5, 5.41) is 3.43. The van der Waals surface area contributed by atoms with Crippen molar-refractivity contribution in [1.29, 1.82) is 0 Å². The minimum Gasteiger partial charge on any atom is -0.453 e. The molecule has 3 heteroatoms. The fraction of sp³-hybridized carbons (Fsp3) is 0. The number of nitrogens with one attached hydrogen (secondary N) is 1. The Morgan fingerprint density at radius 2 is 1.04 bits per heavy atom. The van der Waals surface area contributed by atoms with Crippen LogP contribution in [0, 0.1) is 0 Å². The van der Waals surface area contributed by atoms with Crippen molar-refractivity contribution in [1.82, 2.24) is 0 Å². The molecule has 1 aliphatic rings. The molecule has 0 radical (unpaired) electrons. The lowest BCUT2D eigenvalue weighted by Crippen LogP contribution is -2.15. The van der Waals surface area contributed by atoms with E-state index in [-0.39, 0.29) is 0 Å². The van der Waals surface area contributed by atoms with Gasteiger partial charge in [0.1, 0.15) is 0 Å². The maximum atomic E-state index is 6.08. The van der Waals surface area contributed by atoms with Gasteiger partial charge in [0.05, 0.1) is 11.4 Å². The Balaban J connectivity index is 1.53. The van der Waals surface area contributed by atoms with Gasteiger partial charge in [-0.25, -0.2) is 0 Å². The molecule has 0 unspecified atom stereocenters. The highest BCUT2D eigenvalue weighted by Gasteiger charge is 2.24. The van der Waals surface area contributed by atoms with Crippen LogP contribution >= 0.6 is 0 Å². The molecule has 1 N–H and O–H groups in total. The predicted octanol–water partition coefficient (Wildman–Crippen LogP) is 7.01. The first kappa shape index (κ1) is 15.5. The Labute approximate surface area is 158 Å². The van der Waals surface area contributed by atoms with Crippen molar-refractivity contribution < 1.29 is 4.74 Å². The lowest BCUT2D eigenvalue weighted by atomic mass is 10.1. The highest BCUT2D eigenvalue weighted by atomic mass is 16.5. The molecule has 130 valence electrons. The third-order valence-corrected chi connectivity index (χ3v) is 4.62. The fourth-order valence-electron chi connectivity index (χ4n) is 3.36. The van der Waals surface area contributed by atoms with Crippen molar-refractivity contribution in [2.24, 2.45) is 0 Å². The van der Waals surface area contributed by atoms with Gasteiger partial charge in [-0.3, -0.25) is 0 Å². The van der Waals surface area contributed by atoms with E-state index >= 15 is 0 Å². The van der Waals surface area contributed by atoms with Crippen LogP contribution in [0.5, 0.6) is 11.5 Å². The summed E-state index contributed by atoms with van der Waals surface area (Å²) in [7, 11) is 0. The summed E-state index contributed by atoms with van der Waals surface area (Å²) in [6.07, 6.45) is 0. The van der Waals surface area contributed by atoms with Gasteiger partial charge in [0.15, 0.2) is 11.5 Å². The Bertz CT molecular complexity index is 1030. The second-order valence-corrected chi connectivity index (χ2v) is 6.41. The predicted molar refractivity (Wildman–Crippen MR) is 111 cm³/mol. The van der Waals surface area contributed by atoms with Crippen molar-refractivity contribution in [2.45, 2.75) is 0 Å². The number of hydrogen-bond acceptors (Lipinski definition) is 3. The lowest BCUT2D eigenvalue weighted by Gasteiger charge is -2.32. The molecular formula is C24H18N2O. The van der Waals surface area contributed by atoms with Crippen molar-refractivity contribution in [3.8, 4) is 11.5 Å². The lowest BCUT2D eigenvalue weighted by molar-refractivity contribution is 0.477. The largest absolute Gasteiger partial charge is 0.453 e. The molecule has 0 spiro atoms. The van der Waals surface area contributed by atoms with Crippen LogP contribution in [0.1, 0.15) is 0 Å². The summed E-state index contributed by atoms with van der Waals surface area (Å²) in [4.78, 5) is 2.24. The average molecular weight is 350 g/mol. The second kappa shape index (κ2) is 6.54. The van der Waals surface area contributed by atoms with Crippen molar-refractivity contribution in [3.05, 3.63) is 103 Å². The molecule has 0 fully saturated rings. The van der Waals surface area contributed by atoms with Gasteiger partial charge >= 0.3 is 0 Å². The summed E-state index contributed by atoms with van der Waals surface area (Å²) in [5.74, 6) is 1.73. The normalized spacial score (nSPS) is 11.9. The molecule has 1 heterocycles. The van der Waals surface area contributed by atoms with Crippen LogP contribution in [-0.2, 0) is 0 Å². The zero-order valence-electron chi connectivity index (χ0n) is 14.7. The van der Waals surface area contributed by atoms with E-state index in [9.17, 15) is 0 Å². The van der Waals surface area contributed by atoms with Gasteiger partial charge in [-0.1, -0.05) is 42.5 Å². The molecule has 0 amide bonds. The van der Waals surface area contributed by atoms with Crippen LogP contribution in [0.2, 0.25) is 0 Å². The van der Waals surface area contributed by atoms with Crippen LogP contribution in [0.4, 0.5) is 28.4 Å². The van der Waals surface area contributed by atoms with Crippen LogP contribution in [0.3, 0.4) is 0 Å². The van der Waals surface area contributed by atoms with Gasteiger partial charge in [0.2, 0.25) is 0 Å². The first-order valence-corrected chi connectivity index (χ1v) is 8.97.